The lowest BCUT2D eigenvalue weighted by molar-refractivity contribution is 0.183. The molecule has 2 aromatic rings. The van der Waals surface area contributed by atoms with Crippen LogP contribution in [0.4, 0.5) is 10.1 Å². The van der Waals surface area contributed by atoms with Crippen molar-refractivity contribution in [3.8, 4) is 11.4 Å². The minimum Gasteiger partial charge on any atom is -0.398 e. The van der Waals surface area contributed by atoms with Gasteiger partial charge in [0.2, 0.25) is 0 Å². The number of aryl methyl sites for hydroxylation is 1. The quantitative estimate of drug-likeness (QED) is 0.856. The highest BCUT2D eigenvalue weighted by Crippen LogP contribution is 2.25. The lowest BCUT2D eigenvalue weighted by atomic mass is 10.1. The van der Waals surface area contributed by atoms with Gasteiger partial charge in [-0.1, -0.05) is 0 Å². The van der Waals surface area contributed by atoms with Crippen molar-refractivity contribution in [1.29, 1.82) is 0 Å². The van der Waals surface area contributed by atoms with Gasteiger partial charge in [-0.25, -0.2) is 9.07 Å². The first-order valence-electron chi connectivity index (χ1n) is 6.63. The van der Waals surface area contributed by atoms with Crippen LogP contribution >= 0.6 is 0 Å². The molecule has 2 heterocycles. The second-order valence-corrected chi connectivity index (χ2v) is 4.98. The number of halogens is 1. The van der Waals surface area contributed by atoms with Crippen LogP contribution < -0.4 is 5.73 Å². The van der Waals surface area contributed by atoms with Gasteiger partial charge in [-0.15, -0.1) is 5.10 Å². The summed E-state index contributed by atoms with van der Waals surface area (Å²) in [6, 6.07) is 4.24. The molecule has 0 bridgehead atoms. The van der Waals surface area contributed by atoms with E-state index in [9.17, 15) is 4.39 Å². The average molecular weight is 277 g/mol. The van der Waals surface area contributed by atoms with Crippen molar-refractivity contribution in [1.82, 2.24) is 20.2 Å². The Morgan fingerprint density at radius 3 is 3.10 bits per heavy atom. The molecule has 1 aliphatic heterocycles. The van der Waals surface area contributed by atoms with Crippen LogP contribution in [0.25, 0.3) is 11.4 Å². The molecule has 1 atom stereocenters. The molecule has 0 aliphatic carbocycles. The van der Waals surface area contributed by atoms with Crippen molar-refractivity contribution in [2.45, 2.75) is 19.4 Å². The molecule has 1 aromatic heterocycles. The highest BCUT2D eigenvalue weighted by Gasteiger charge is 2.18. The molecule has 2 N–H and O–H groups in total. The van der Waals surface area contributed by atoms with E-state index in [1.165, 1.54) is 12.1 Å². The van der Waals surface area contributed by atoms with E-state index in [1.54, 1.807) is 10.7 Å². The Balaban J connectivity index is 1.78. The van der Waals surface area contributed by atoms with Crippen LogP contribution in [0, 0.1) is 11.7 Å². The lowest BCUT2D eigenvalue weighted by Gasteiger charge is -2.09. The van der Waals surface area contributed by atoms with Gasteiger partial charge in [0.15, 0.2) is 5.82 Å². The van der Waals surface area contributed by atoms with Gasteiger partial charge in [-0.2, -0.15) is 0 Å². The number of tetrazole rings is 1. The highest BCUT2D eigenvalue weighted by atomic mass is 19.1. The number of nitrogens with zero attached hydrogens (tertiary/aromatic N) is 4. The second-order valence-electron chi connectivity index (χ2n) is 4.98. The Morgan fingerprint density at radius 2 is 2.35 bits per heavy atom. The Morgan fingerprint density at radius 1 is 1.45 bits per heavy atom. The van der Waals surface area contributed by atoms with Gasteiger partial charge < -0.3 is 10.5 Å². The van der Waals surface area contributed by atoms with Gasteiger partial charge in [0.05, 0.1) is 0 Å². The molecule has 0 saturated carbocycles. The molecule has 0 amide bonds. The standard InChI is InChI=1S/C13H16FN5O/c14-10-1-2-11(12(15)7-10)13-16-17-18-19(13)5-3-9-4-6-20-8-9/h1-2,7,9H,3-6,8,15H2. The van der Waals surface area contributed by atoms with Crippen LogP contribution in [0.15, 0.2) is 18.2 Å². The Labute approximate surface area is 115 Å². The molecule has 7 heteroatoms. The average Bonchev–Trinajstić information content (AvgIpc) is 3.07. The molecule has 106 valence electrons. The summed E-state index contributed by atoms with van der Waals surface area (Å²) in [7, 11) is 0. The fourth-order valence-corrected chi connectivity index (χ4v) is 2.40. The first kappa shape index (κ1) is 13.0. The summed E-state index contributed by atoms with van der Waals surface area (Å²) >= 11 is 0. The van der Waals surface area contributed by atoms with E-state index in [-0.39, 0.29) is 5.82 Å². The van der Waals surface area contributed by atoms with Gasteiger partial charge in [-0.05, 0) is 47.4 Å². The number of nitrogen functional groups attached to an aromatic ring is 1. The first-order chi connectivity index (χ1) is 9.74. The normalized spacial score (nSPS) is 18.6. The highest BCUT2D eigenvalue weighted by molar-refractivity contribution is 5.71. The van der Waals surface area contributed by atoms with Gasteiger partial charge in [0.25, 0.3) is 0 Å². The van der Waals surface area contributed by atoms with E-state index in [1.807, 2.05) is 0 Å². The zero-order valence-electron chi connectivity index (χ0n) is 11.0. The van der Waals surface area contributed by atoms with Crippen LogP contribution in [-0.2, 0) is 11.3 Å². The topological polar surface area (TPSA) is 78.9 Å². The summed E-state index contributed by atoms with van der Waals surface area (Å²) < 4.78 is 20.2. The molecular weight excluding hydrogens is 261 g/mol. The summed E-state index contributed by atoms with van der Waals surface area (Å²) in [5.74, 6) is 0.757. The van der Waals surface area contributed by atoms with Gasteiger partial charge in [-0.3, -0.25) is 0 Å². The van der Waals surface area contributed by atoms with Crippen LogP contribution in [0.3, 0.4) is 0 Å². The van der Waals surface area contributed by atoms with E-state index >= 15 is 0 Å². The SMILES string of the molecule is Nc1cc(F)ccc1-c1nnnn1CCC1CCOC1. The second kappa shape index (κ2) is 5.54. The Bertz CT molecular complexity index is 594. The molecule has 0 spiro atoms. The maximum atomic E-state index is 13.1. The molecule has 1 aliphatic rings. The fourth-order valence-electron chi connectivity index (χ4n) is 2.40. The monoisotopic (exact) mass is 277 g/mol. The molecule has 20 heavy (non-hydrogen) atoms. The number of aromatic nitrogens is 4. The van der Waals surface area contributed by atoms with Crippen molar-refractivity contribution in [3.63, 3.8) is 0 Å². The Hall–Kier alpha value is -2.02. The van der Waals surface area contributed by atoms with Crippen LogP contribution in [-0.4, -0.2) is 33.4 Å². The van der Waals surface area contributed by atoms with Crippen LogP contribution in [0.5, 0.6) is 0 Å². The lowest BCUT2D eigenvalue weighted by Crippen LogP contribution is -2.09. The molecule has 1 fully saturated rings. The summed E-state index contributed by atoms with van der Waals surface area (Å²) in [4.78, 5) is 0. The third-order valence-electron chi connectivity index (χ3n) is 3.56. The van der Waals surface area contributed by atoms with Gasteiger partial charge in [0.1, 0.15) is 5.82 Å². The number of hydrogen-bond acceptors (Lipinski definition) is 5. The third-order valence-corrected chi connectivity index (χ3v) is 3.56. The van der Waals surface area contributed by atoms with Gasteiger partial charge >= 0.3 is 0 Å². The number of hydrogen-bond donors (Lipinski definition) is 1. The summed E-state index contributed by atoms with van der Waals surface area (Å²) in [5.41, 5.74) is 6.82. The van der Waals surface area contributed by atoms with E-state index in [0.717, 1.165) is 26.1 Å². The van der Waals surface area contributed by atoms with Crippen LogP contribution in [0.2, 0.25) is 0 Å². The minimum atomic E-state index is -0.367. The number of benzene rings is 1. The predicted octanol–water partition coefficient (Wildman–Crippen LogP) is 1.49. The summed E-state index contributed by atoms with van der Waals surface area (Å²) in [5, 5.41) is 11.7. The first-order valence-corrected chi connectivity index (χ1v) is 6.63. The molecule has 1 saturated heterocycles. The maximum absolute atomic E-state index is 13.1. The molecule has 6 nitrogen and oxygen atoms in total. The molecule has 1 unspecified atom stereocenters. The largest absolute Gasteiger partial charge is 0.398 e. The van der Waals surface area contributed by atoms with E-state index < -0.39 is 0 Å². The number of ether oxygens (including phenoxy) is 1. The van der Waals surface area contributed by atoms with Crippen molar-refractivity contribution in [3.05, 3.63) is 24.0 Å². The summed E-state index contributed by atoms with van der Waals surface area (Å²) in [6.07, 6.45) is 2.04. The summed E-state index contributed by atoms with van der Waals surface area (Å²) in [6.45, 7) is 2.33. The van der Waals surface area contributed by atoms with E-state index in [2.05, 4.69) is 15.5 Å². The van der Waals surface area contributed by atoms with Crippen LogP contribution in [0.1, 0.15) is 12.8 Å². The van der Waals surface area contributed by atoms with Crippen molar-refractivity contribution >= 4 is 5.69 Å². The number of nitrogens with two attached hydrogens (primary N) is 1. The van der Waals surface area contributed by atoms with Crippen molar-refractivity contribution in [2.24, 2.45) is 5.92 Å². The van der Waals surface area contributed by atoms with E-state index in [0.29, 0.717) is 29.5 Å². The third kappa shape index (κ3) is 2.62. The molecule has 3 rings (SSSR count). The van der Waals surface area contributed by atoms with E-state index in [4.69, 9.17) is 10.5 Å². The minimum absolute atomic E-state index is 0.338. The zero-order valence-corrected chi connectivity index (χ0v) is 11.0. The van der Waals surface area contributed by atoms with Gasteiger partial charge in [0, 0.05) is 31.0 Å². The molecule has 0 radical (unpaired) electrons. The Kier molecular flexibility index (Phi) is 3.60. The zero-order chi connectivity index (χ0) is 13.9. The fraction of sp³-hybridized carbons (Fsp3) is 0.462. The van der Waals surface area contributed by atoms with Crippen molar-refractivity contribution in [2.75, 3.05) is 18.9 Å². The number of anilines is 1. The maximum Gasteiger partial charge on any atom is 0.184 e. The smallest absolute Gasteiger partial charge is 0.184 e. The molecule has 1 aromatic carbocycles. The molecular formula is C13H16FN5O. The predicted molar refractivity (Wildman–Crippen MR) is 71.2 cm³/mol. The van der Waals surface area contributed by atoms with Crippen molar-refractivity contribution < 1.29 is 9.13 Å². The number of rotatable bonds is 4.